The summed E-state index contributed by atoms with van der Waals surface area (Å²) in [5, 5.41) is 0. The van der Waals surface area contributed by atoms with Crippen LogP contribution in [-0.2, 0) is 14.9 Å². The highest BCUT2D eigenvalue weighted by Gasteiger charge is 2.47. The van der Waals surface area contributed by atoms with Crippen molar-refractivity contribution >= 4 is 5.97 Å². The zero-order valence-electron chi connectivity index (χ0n) is 13.5. The van der Waals surface area contributed by atoms with Gasteiger partial charge >= 0.3 is 5.97 Å². The van der Waals surface area contributed by atoms with Gasteiger partial charge < -0.3 is 4.74 Å². The molecule has 3 aliphatic rings. The van der Waals surface area contributed by atoms with E-state index >= 15 is 0 Å². The molecule has 0 amide bonds. The topological polar surface area (TPSA) is 26.3 Å². The van der Waals surface area contributed by atoms with Crippen LogP contribution in [0.2, 0.25) is 0 Å². The number of esters is 1. The van der Waals surface area contributed by atoms with Crippen LogP contribution in [0.25, 0.3) is 0 Å². The Morgan fingerprint density at radius 1 is 1.09 bits per heavy atom. The van der Waals surface area contributed by atoms with Crippen molar-refractivity contribution in [1.82, 2.24) is 0 Å². The Kier molecular flexibility index (Phi) is 3.48. The molecule has 0 heterocycles. The Morgan fingerprint density at radius 3 is 2.30 bits per heavy atom. The molecule has 2 aromatic carbocycles. The fourth-order valence-corrected chi connectivity index (χ4v) is 4.70. The van der Waals surface area contributed by atoms with E-state index in [9.17, 15) is 4.79 Å². The molecule has 2 bridgehead atoms. The number of fused-ring (bicyclic) bond motifs is 1. The molecule has 23 heavy (non-hydrogen) atoms. The zero-order chi connectivity index (χ0) is 15.9. The number of carbonyl (C=O) groups is 1. The Balaban J connectivity index is 1.80. The molecule has 2 heteroatoms. The molecule has 5 rings (SSSR count). The van der Waals surface area contributed by atoms with Crippen LogP contribution in [0.4, 0.5) is 0 Å². The summed E-state index contributed by atoms with van der Waals surface area (Å²) < 4.78 is 5.17. The zero-order valence-corrected chi connectivity index (χ0v) is 13.5. The van der Waals surface area contributed by atoms with E-state index in [1.807, 2.05) is 6.92 Å². The molecule has 0 aliphatic heterocycles. The maximum absolute atomic E-state index is 12.0. The first-order chi connectivity index (χ1) is 11.3. The van der Waals surface area contributed by atoms with E-state index < -0.39 is 0 Å². The molecule has 2 nitrogen and oxygen atoms in total. The first-order valence-corrected chi connectivity index (χ1v) is 8.60. The minimum absolute atomic E-state index is 0.0191. The van der Waals surface area contributed by atoms with Crippen LogP contribution in [0.1, 0.15) is 60.8 Å². The molecule has 0 fully saturated rings. The number of ether oxygens (including phenoxy) is 1. The Morgan fingerprint density at radius 2 is 1.70 bits per heavy atom. The maximum Gasteiger partial charge on any atom is 0.305 e. The van der Waals surface area contributed by atoms with Crippen LogP contribution < -0.4 is 0 Å². The van der Waals surface area contributed by atoms with Gasteiger partial charge in [0.2, 0.25) is 0 Å². The summed E-state index contributed by atoms with van der Waals surface area (Å²) in [5.41, 5.74) is 5.76. The molecule has 118 valence electrons. The van der Waals surface area contributed by atoms with Crippen molar-refractivity contribution in [2.45, 2.75) is 43.9 Å². The molecule has 0 unspecified atom stereocenters. The number of hydrogen-bond acceptors (Lipinski definition) is 2. The fraction of sp³-hybridized carbons (Fsp3) is 0.381. The van der Waals surface area contributed by atoms with Crippen LogP contribution in [-0.4, -0.2) is 12.6 Å². The molecule has 0 saturated heterocycles. The van der Waals surface area contributed by atoms with Gasteiger partial charge in [0.05, 0.1) is 6.61 Å². The van der Waals surface area contributed by atoms with Gasteiger partial charge in [0.15, 0.2) is 0 Å². The summed E-state index contributed by atoms with van der Waals surface area (Å²) in [6.07, 6.45) is 3.63. The van der Waals surface area contributed by atoms with Crippen LogP contribution in [0.5, 0.6) is 0 Å². The van der Waals surface area contributed by atoms with Crippen LogP contribution in [0, 0.1) is 0 Å². The van der Waals surface area contributed by atoms with Crippen LogP contribution in [0.15, 0.2) is 48.5 Å². The van der Waals surface area contributed by atoms with E-state index in [4.69, 9.17) is 4.74 Å². The molecule has 0 spiro atoms. The third-order valence-corrected chi connectivity index (χ3v) is 5.62. The van der Waals surface area contributed by atoms with Gasteiger partial charge in [-0.25, -0.2) is 0 Å². The van der Waals surface area contributed by atoms with Crippen molar-refractivity contribution in [3.05, 3.63) is 70.8 Å². The second-order valence-corrected chi connectivity index (χ2v) is 6.65. The highest BCUT2D eigenvalue weighted by atomic mass is 16.5. The molecule has 3 aliphatic carbocycles. The normalized spacial score (nSPS) is 24.0. The molecule has 0 N–H and O–H groups in total. The van der Waals surface area contributed by atoms with E-state index in [1.165, 1.54) is 28.7 Å². The largest absolute Gasteiger partial charge is 0.466 e. The number of hydrogen-bond donors (Lipinski definition) is 0. The summed E-state index contributed by atoms with van der Waals surface area (Å²) >= 11 is 0. The van der Waals surface area contributed by atoms with Gasteiger partial charge in [-0.3, -0.25) is 4.79 Å². The van der Waals surface area contributed by atoms with Crippen molar-refractivity contribution in [3.8, 4) is 0 Å². The molecule has 0 radical (unpaired) electrons. The molecule has 0 aromatic heterocycles. The molecular weight excluding hydrogens is 284 g/mol. The Hall–Kier alpha value is -2.09. The summed E-state index contributed by atoms with van der Waals surface area (Å²) in [6, 6.07) is 17.6. The van der Waals surface area contributed by atoms with Gasteiger partial charge in [-0.1, -0.05) is 48.5 Å². The van der Waals surface area contributed by atoms with Crippen LogP contribution >= 0.6 is 0 Å². The van der Waals surface area contributed by atoms with E-state index in [0.717, 1.165) is 12.8 Å². The first kappa shape index (κ1) is 14.5. The smallest absolute Gasteiger partial charge is 0.305 e. The second-order valence-electron chi connectivity index (χ2n) is 6.65. The lowest BCUT2D eigenvalue weighted by Gasteiger charge is -2.49. The van der Waals surface area contributed by atoms with Crippen molar-refractivity contribution < 1.29 is 9.53 Å². The van der Waals surface area contributed by atoms with Gasteiger partial charge in [0.1, 0.15) is 0 Å². The predicted molar refractivity (Wildman–Crippen MR) is 90.6 cm³/mol. The quantitative estimate of drug-likeness (QED) is 0.774. The summed E-state index contributed by atoms with van der Waals surface area (Å²) in [4.78, 5) is 12.0. The first-order valence-electron chi connectivity index (χ1n) is 8.60. The van der Waals surface area contributed by atoms with Gasteiger partial charge in [-0.15, -0.1) is 0 Å². The SMILES string of the molecule is CCOC(=O)CCC12CCC(c3ccccc31)c1ccccc12. The third-order valence-electron chi connectivity index (χ3n) is 5.62. The number of carbonyl (C=O) groups excluding carboxylic acids is 1. The Bertz CT molecular complexity index is 700. The lowest BCUT2D eigenvalue weighted by Crippen LogP contribution is -2.40. The standard InChI is InChI=1S/C21H22O2/c1-2-23-20(22)12-14-21-13-11-15(16-7-3-5-9-18(16)21)17-8-4-6-10-19(17)21/h3-10,15H,2,11-14H2,1H3. The van der Waals surface area contributed by atoms with Crippen molar-refractivity contribution in [2.75, 3.05) is 6.61 Å². The minimum Gasteiger partial charge on any atom is -0.466 e. The van der Waals surface area contributed by atoms with Crippen LogP contribution in [0.3, 0.4) is 0 Å². The third kappa shape index (κ3) is 2.12. The van der Waals surface area contributed by atoms with E-state index in [-0.39, 0.29) is 11.4 Å². The highest BCUT2D eigenvalue weighted by molar-refractivity contribution is 5.70. The summed E-state index contributed by atoms with van der Waals surface area (Å²) in [6.45, 7) is 2.33. The van der Waals surface area contributed by atoms with Gasteiger partial charge in [0, 0.05) is 17.8 Å². The predicted octanol–water partition coefficient (Wildman–Crippen LogP) is 4.56. The van der Waals surface area contributed by atoms with Gasteiger partial charge in [0.25, 0.3) is 0 Å². The van der Waals surface area contributed by atoms with E-state index in [2.05, 4.69) is 48.5 Å². The molecular formula is C21H22O2. The van der Waals surface area contributed by atoms with Crippen molar-refractivity contribution in [2.24, 2.45) is 0 Å². The lowest BCUT2D eigenvalue weighted by atomic mass is 9.54. The van der Waals surface area contributed by atoms with E-state index in [1.54, 1.807) is 0 Å². The summed E-state index contributed by atoms with van der Waals surface area (Å²) in [5.74, 6) is 0.441. The Labute approximate surface area is 137 Å². The highest BCUT2D eigenvalue weighted by Crippen LogP contribution is 2.57. The fourth-order valence-electron chi connectivity index (χ4n) is 4.70. The van der Waals surface area contributed by atoms with Crippen molar-refractivity contribution in [3.63, 3.8) is 0 Å². The summed E-state index contributed by atoms with van der Waals surface area (Å²) in [7, 11) is 0. The average molecular weight is 306 g/mol. The van der Waals surface area contributed by atoms with Gasteiger partial charge in [-0.05, 0) is 48.4 Å². The average Bonchev–Trinajstić information content (AvgIpc) is 2.61. The molecule has 0 saturated carbocycles. The monoisotopic (exact) mass is 306 g/mol. The second kappa shape index (κ2) is 5.52. The minimum atomic E-state index is -0.0791. The van der Waals surface area contributed by atoms with Crippen molar-refractivity contribution in [1.29, 1.82) is 0 Å². The number of rotatable bonds is 4. The number of benzene rings is 2. The molecule has 0 atom stereocenters. The van der Waals surface area contributed by atoms with Gasteiger partial charge in [-0.2, -0.15) is 0 Å². The van der Waals surface area contributed by atoms with E-state index in [0.29, 0.717) is 18.9 Å². The lowest BCUT2D eigenvalue weighted by molar-refractivity contribution is -0.143. The molecule has 2 aromatic rings. The maximum atomic E-state index is 12.0.